The number of nitrogens with one attached hydrogen (secondary N) is 1. The fraction of sp³-hybridized carbons (Fsp3) is 0.421. The zero-order valence-electron chi connectivity index (χ0n) is 15.5. The van der Waals surface area contributed by atoms with Crippen LogP contribution in [0, 0.1) is 18.3 Å². The molecule has 0 radical (unpaired) electrons. The van der Waals surface area contributed by atoms with Crippen LogP contribution in [0.4, 0.5) is 20.6 Å². The van der Waals surface area contributed by atoms with E-state index in [1.165, 1.54) is 11.0 Å². The third kappa shape index (κ3) is 4.34. The number of halogens is 1. The van der Waals surface area contributed by atoms with Gasteiger partial charge in [-0.3, -0.25) is 4.90 Å². The number of anilines is 2. The average Bonchev–Trinajstić information content (AvgIpc) is 3.02. The van der Waals surface area contributed by atoms with E-state index in [2.05, 4.69) is 10.2 Å². The van der Waals surface area contributed by atoms with E-state index < -0.39 is 12.2 Å². The predicted molar refractivity (Wildman–Crippen MR) is 109 cm³/mol. The van der Waals surface area contributed by atoms with E-state index in [4.69, 9.17) is 29.3 Å². The van der Waals surface area contributed by atoms with Crippen molar-refractivity contribution in [3.8, 4) is 0 Å². The Balaban J connectivity index is 1.69. The maximum atomic E-state index is 14.8. The van der Waals surface area contributed by atoms with Crippen molar-refractivity contribution in [3.63, 3.8) is 0 Å². The summed E-state index contributed by atoms with van der Waals surface area (Å²) in [6, 6.07) is 4.77. The first-order valence-electron chi connectivity index (χ1n) is 9.00. The van der Waals surface area contributed by atoms with Gasteiger partial charge >= 0.3 is 6.09 Å². The van der Waals surface area contributed by atoms with Gasteiger partial charge in [0.2, 0.25) is 0 Å². The smallest absolute Gasteiger partial charge is 0.414 e. The second kappa shape index (κ2) is 8.44. The minimum atomic E-state index is -0.526. The minimum Gasteiger partial charge on any atom is -0.442 e. The van der Waals surface area contributed by atoms with Crippen molar-refractivity contribution in [2.45, 2.75) is 19.4 Å². The Morgan fingerprint density at radius 3 is 2.96 bits per heavy atom. The Kier molecular flexibility index (Phi) is 5.99. The lowest BCUT2D eigenvalue weighted by molar-refractivity contribution is 0.143. The third-order valence-electron chi connectivity index (χ3n) is 4.99. The number of hydrogen-bond acceptors (Lipinski definition) is 4. The lowest BCUT2D eigenvalue weighted by atomic mass is 9.93. The van der Waals surface area contributed by atoms with Gasteiger partial charge in [-0.25, -0.2) is 14.0 Å². The molecular formula is C19H22FN5O2S. The van der Waals surface area contributed by atoms with E-state index in [0.717, 1.165) is 12.0 Å². The molecular weight excluding hydrogens is 381 g/mol. The molecule has 2 atom stereocenters. The van der Waals surface area contributed by atoms with E-state index in [1.54, 1.807) is 18.3 Å². The number of rotatable bonds is 4. The van der Waals surface area contributed by atoms with E-state index in [0.29, 0.717) is 37.6 Å². The first-order valence-corrected chi connectivity index (χ1v) is 9.41. The van der Waals surface area contributed by atoms with Crippen LogP contribution in [0.3, 0.4) is 0 Å². The molecule has 0 saturated carbocycles. The second-order valence-electron chi connectivity index (χ2n) is 6.93. The molecule has 7 nitrogen and oxygen atoms in total. The quantitative estimate of drug-likeness (QED) is 0.595. The number of carbonyl (C=O) groups is 1. The van der Waals surface area contributed by atoms with Crippen LogP contribution in [0.5, 0.6) is 0 Å². The zero-order chi connectivity index (χ0) is 20.3. The van der Waals surface area contributed by atoms with Gasteiger partial charge in [0.15, 0.2) is 11.3 Å². The summed E-state index contributed by atoms with van der Waals surface area (Å²) in [6.45, 7) is 10.9. The molecule has 3 rings (SSSR count). The number of carbonyl (C=O) groups excluding carboxylic acids is 1. The standard InChI is InChI=1S/C19H22FN5O2S/c1-12-10-24(6-5-13(12)8-22-2)17-4-3-14(7-16(17)20)25-11-15(27-19(25)26)9-23-18(21)28/h3-4,7-8,12,15H,5-6,9-11H2,1H3,(H3,21,23,28)/t12?,15-/m0/s1. The molecule has 2 heterocycles. The molecule has 1 aromatic rings. The van der Waals surface area contributed by atoms with Gasteiger partial charge in [0, 0.05) is 13.1 Å². The largest absolute Gasteiger partial charge is 0.442 e. The lowest BCUT2D eigenvalue weighted by Crippen LogP contribution is -2.37. The highest BCUT2D eigenvalue weighted by Crippen LogP contribution is 2.32. The fourth-order valence-corrected chi connectivity index (χ4v) is 3.60. The summed E-state index contributed by atoms with van der Waals surface area (Å²) in [5.41, 5.74) is 7.43. The molecule has 1 aromatic carbocycles. The van der Waals surface area contributed by atoms with Crippen LogP contribution in [0.25, 0.3) is 4.85 Å². The summed E-state index contributed by atoms with van der Waals surface area (Å²) < 4.78 is 20.1. The number of cyclic esters (lactones) is 1. The van der Waals surface area contributed by atoms with E-state index in [1.807, 2.05) is 11.8 Å². The molecule has 2 fully saturated rings. The van der Waals surface area contributed by atoms with Crippen molar-refractivity contribution in [1.82, 2.24) is 5.32 Å². The van der Waals surface area contributed by atoms with E-state index in [9.17, 15) is 9.18 Å². The van der Waals surface area contributed by atoms with Crippen molar-refractivity contribution < 1.29 is 13.9 Å². The summed E-state index contributed by atoms with van der Waals surface area (Å²) >= 11 is 4.75. The number of thiocarbonyl (C=S) groups is 1. The van der Waals surface area contributed by atoms with E-state index in [-0.39, 0.29) is 16.8 Å². The van der Waals surface area contributed by atoms with Gasteiger partial charge in [-0.1, -0.05) is 12.5 Å². The van der Waals surface area contributed by atoms with Gasteiger partial charge in [-0.15, -0.1) is 0 Å². The van der Waals surface area contributed by atoms with Crippen LogP contribution in [0.15, 0.2) is 30.0 Å². The molecule has 28 heavy (non-hydrogen) atoms. The molecule has 1 amide bonds. The highest BCUT2D eigenvalue weighted by Gasteiger charge is 2.33. The molecule has 0 aromatic heterocycles. The Morgan fingerprint density at radius 1 is 1.54 bits per heavy atom. The van der Waals surface area contributed by atoms with Crippen LogP contribution >= 0.6 is 12.2 Å². The zero-order valence-corrected chi connectivity index (χ0v) is 16.3. The number of ether oxygens (including phenoxy) is 1. The molecule has 2 aliphatic heterocycles. The molecule has 3 N–H and O–H groups in total. The normalized spacial score (nSPS) is 23.5. The van der Waals surface area contributed by atoms with E-state index >= 15 is 0 Å². The van der Waals surface area contributed by atoms with Crippen LogP contribution in [-0.2, 0) is 4.74 Å². The van der Waals surface area contributed by atoms with Crippen molar-refractivity contribution in [2.24, 2.45) is 11.7 Å². The topological polar surface area (TPSA) is 75.2 Å². The van der Waals surface area contributed by atoms with Crippen molar-refractivity contribution in [1.29, 1.82) is 0 Å². The maximum absolute atomic E-state index is 14.8. The third-order valence-corrected chi connectivity index (χ3v) is 5.13. The van der Waals surface area contributed by atoms with Gasteiger partial charge in [-0.05, 0) is 42.8 Å². The average molecular weight is 403 g/mol. The molecule has 2 saturated heterocycles. The number of benzene rings is 1. The molecule has 9 heteroatoms. The minimum absolute atomic E-state index is 0.134. The first kappa shape index (κ1) is 19.9. The number of nitrogens with zero attached hydrogens (tertiary/aromatic N) is 3. The highest BCUT2D eigenvalue weighted by atomic mass is 32.1. The van der Waals surface area contributed by atoms with Gasteiger partial charge < -0.3 is 20.7 Å². The summed E-state index contributed by atoms with van der Waals surface area (Å²) in [5, 5.41) is 2.90. The van der Waals surface area contributed by atoms with Gasteiger partial charge in [0.1, 0.15) is 11.9 Å². The lowest BCUT2D eigenvalue weighted by Gasteiger charge is -2.35. The highest BCUT2D eigenvalue weighted by molar-refractivity contribution is 7.80. The van der Waals surface area contributed by atoms with Crippen LogP contribution < -0.4 is 20.9 Å². The van der Waals surface area contributed by atoms with Crippen molar-refractivity contribution in [2.75, 3.05) is 36.0 Å². The fourth-order valence-electron chi connectivity index (χ4n) is 3.52. The van der Waals surface area contributed by atoms with Crippen LogP contribution in [-0.4, -0.2) is 43.5 Å². The molecule has 0 spiro atoms. The number of piperidine rings is 1. The summed E-state index contributed by atoms with van der Waals surface area (Å²) in [7, 11) is 0. The molecule has 148 valence electrons. The first-order chi connectivity index (χ1) is 13.4. The van der Waals surface area contributed by atoms with Gasteiger partial charge in [0.25, 0.3) is 0 Å². The van der Waals surface area contributed by atoms with Crippen molar-refractivity contribution >= 4 is 34.8 Å². The Bertz CT molecular complexity index is 853. The summed E-state index contributed by atoms with van der Waals surface area (Å²) in [4.78, 5) is 18.8. The molecule has 2 aliphatic rings. The number of amides is 1. The molecule has 1 unspecified atom stereocenters. The summed E-state index contributed by atoms with van der Waals surface area (Å²) in [5.74, 6) is -0.197. The Hall–Kier alpha value is -2.86. The number of nitrogens with two attached hydrogens (primary N) is 1. The monoisotopic (exact) mass is 403 g/mol. The number of hydrogen-bond donors (Lipinski definition) is 2. The Labute approximate surface area is 168 Å². The van der Waals surface area contributed by atoms with Crippen LogP contribution in [0.1, 0.15) is 13.3 Å². The van der Waals surface area contributed by atoms with Crippen molar-refractivity contribution in [3.05, 3.63) is 47.2 Å². The second-order valence-corrected chi connectivity index (χ2v) is 7.37. The Morgan fingerprint density at radius 2 is 2.32 bits per heavy atom. The van der Waals surface area contributed by atoms with Gasteiger partial charge in [-0.2, -0.15) is 0 Å². The summed E-state index contributed by atoms with van der Waals surface area (Å²) in [6.07, 6.45) is 1.37. The van der Waals surface area contributed by atoms with Crippen LogP contribution in [0.2, 0.25) is 0 Å². The maximum Gasteiger partial charge on any atom is 0.414 e. The predicted octanol–water partition coefficient (Wildman–Crippen LogP) is 2.63. The van der Waals surface area contributed by atoms with Gasteiger partial charge in [0.05, 0.1) is 31.0 Å². The molecule has 0 bridgehead atoms. The molecule has 0 aliphatic carbocycles. The SMILES string of the molecule is [C-]#[N+]C=C1CCN(c2ccc(N3C[C@H](CNC(N)=S)OC3=O)cc2F)CC1C.